The second-order valence-electron chi connectivity index (χ2n) is 4.20. The van der Waals surface area contributed by atoms with Crippen LogP contribution in [0.15, 0.2) is 12.3 Å². The van der Waals surface area contributed by atoms with E-state index in [2.05, 4.69) is 23.0 Å². The van der Waals surface area contributed by atoms with Gasteiger partial charge in [-0.15, -0.1) is 0 Å². The third kappa shape index (κ3) is 5.50. The highest BCUT2D eigenvalue weighted by Crippen LogP contribution is 2.18. The van der Waals surface area contributed by atoms with Crippen LogP contribution in [0.3, 0.4) is 0 Å². The van der Waals surface area contributed by atoms with Gasteiger partial charge in [0.25, 0.3) is 0 Å². The van der Waals surface area contributed by atoms with Crippen LogP contribution in [0.2, 0.25) is 5.28 Å². The third-order valence-electron chi connectivity index (χ3n) is 2.72. The van der Waals surface area contributed by atoms with Crippen LogP contribution in [0.4, 0.5) is 0 Å². The van der Waals surface area contributed by atoms with Crippen LogP contribution in [0, 0.1) is 0 Å². The number of halogens is 1. The Hall–Kier alpha value is -1.09. The molecule has 0 fully saturated rings. The number of methoxy groups -OCH3 is 1. The first kappa shape index (κ1) is 15.0. The molecule has 0 spiro atoms. The third-order valence-corrected chi connectivity index (χ3v) is 2.91. The first-order valence-electron chi connectivity index (χ1n) is 6.51. The molecule has 0 amide bonds. The van der Waals surface area contributed by atoms with Crippen molar-refractivity contribution in [1.82, 2.24) is 9.97 Å². The van der Waals surface area contributed by atoms with E-state index in [-0.39, 0.29) is 5.28 Å². The Labute approximate surface area is 114 Å². The van der Waals surface area contributed by atoms with Crippen molar-refractivity contribution in [2.75, 3.05) is 7.11 Å². The van der Waals surface area contributed by atoms with Gasteiger partial charge in [0, 0.05) is 0 Å². The summed E-state index contributed by atoms with van der Waals surface area (Å²) in [7, 11) is 1.61. The van der Waals surface area contributed by atoms with Crippen LogP contribution >= 0.6 is 11.6 Å². The Bertz CT molecular complexity index is 380. The van der Waals surface area contributed by atoms with Gasteiger partial charge < -0.3 is 4.74 Å². The molecule has 18 heavy (non-hydrogen) atoms. The summed E-state index contributed by atoms with van der Waals surface area (Å²) in [4.78, 5) is 8.02. The lowest BCUT2D eigenvalue weighted by Crippen LogP contribution is -1.92. The first-order chi connectivity index (χ1) is 8.77. The van der Waals surface area contributed by atoms with E-state index in [1.165, 1.54) is 32.1 Å². The number of hydrogen-bond donors (Lipinski definition) is 0. The summed E-state index contributed by atoms with van der Waals surface area (Å²) in [6.45, 7) is 2.23. The van der Waals surface area contributed by atoms with E-state index in [1.54, 1.807) is 13.3 Å². The standard InChI is InChI=1S/C14H21ClN2O/c1-3-4-5-6-7-8-9-10-12-13(18-2)11-16-14(15)17-12/h9-11H,3-8H2,1-2H3. The summed E-state index contributed by atoms with van der Waals surface area (Å²) in [6.07, 6.45) is 13.2. The number of rotatable bonds is 8. The van der Waals surface area contributed by atoms with E-state index < -0.39 is 0 Å². The number of aromatic nitrogens is 2. The highest BCUT2D eigenvalue weighted by molar-refractivity contribution is 6.28. The van der Waals surface area contributed by atoms with Crippen molar-refractivity contribution in [2.24, 2.45) is 0 Å². The van der Waals surface area contributed by atoms with E-state index in [0.717, 1.165) is 12.1 Å². The van der Waals surface area contributed by atoms with Crippen molar-refractivity contribution < 1.29 is 4.74 Å². The quantitative estimate of drug-likeness (QED) is 0.514. The van der Waals surface area contributed by atoms with Crippen LogP contribution in [0.25, 0.3) is 6.08 Å². The van der Waals surface area contributed by atoms with Crippen LogP contribution < -0.4 is 4.74 Å². The number of nitrogens with zero attached hydrogens (tertiary/aromatic N) is 2. The molecule has 1 heterocycles. The molecule has 3 nitrogen and oxygen atoms in total. The van der Waals surface area contributed by atoms with Crippen molar-refractivity contribution in [1.29, 1.82) is 0 Å². The minimum absolute atomic E-state index is 0.249. The first-order valence-corrected chi connectivity index (χ1v) is 6.88. The highest BCUT2D eigenvalue weighted by atomic mass is 35.5. The number of ether oxygens (including phenoxy) is 1. The van der Waals surface area contributed by atoms with Gasteiger partial charge in [0.2, 0.25) is 5.28 Å². The molecule has 4 heteroatoms. The molecule has 0 bridgehead atoms. The molecule has 0 N–H and O–H groups in total. The molecule has 0 unspecified atom stereocenters. The summed E-state index contributed by atoms with van der Waals surface area (Å²) >= 11 is 5.76. The molecule has 0 radical (unpaired) electrons. The zero-order chi connectivity index (χ0) is 13.2. The molecule has 0 saturated carbocycles. The van der Waals surface area contributed by atoms with E-state index in [1.807, 2.05) is 6.08 Å². The van der Waals surface area contributed by atoms with Gasteiger partial charge in [-0.05, 0) is 30.5 Å². The normalized spacial score (nSPS) is 11.1. The number of hydrogen-bond acceptors (Lipinski definition) is 3. The number of unbranched alkanes of at least 4 members (excludes halogenated alkanes) is 5. The summed E-state index contributed by atoms with van der Waals surface area (Å²) in [5.74, 6) is 0.654. The minimum atomic E-state index is 0.249. The molecule has 0 atom stereocenters. The van der Waals surface area contributed by atoms with Crippen LogP contribution in [0.1, 0.15) is 51.1 Å². The fourth-order valence-corrected chi connectivity index (χ4v) is 1.84. The van der Waals surface area contributed by atoms with Crippen molar-refractivity contribution in [3.8, 4) is 5.75 Å². The van der Waals surface area contributed by atoms with Crippen LogP contribution in [0.5, 0.6) is 5.75 Å². The molecule has 0 aliphatic rings. The summed E-state index contributed by atoms with van der Waals surface area (Å²) in [6, 6.07) is 0. The van der Waals surface area contributed by atoms with Crippen molar-refractivity contribution in [2.45, 2.75) is 45.4 Å². The number of allylic oxidation sites excluding steroid dienone is 1. The zero-order valence-electron chi connectivity index (χ0n) is 11.2. The fourth-order valence-electron chi connectivity index (χ4n) is 1.70. The maximum Gasteiger partial charge on any atom is 0.223 e. The Morgan fingerprint density at radius 1 is 1.28 bits per heavy atom. The minimum Gasteiger partial charge on any atom is -0.493 e. The smallest absolute Gasteiger partial charge is 0.223 e. The lowest BCUT2D eigenvalue weighted by Gasteiger charge is -2.02. The van der Waals surface area contributed by atoms with Crippen molar-refractivity contribution in [3.05, 3.63) is 23.3 Å². The molecule has 1 aromatic rings. The molecule has 0 aliphatic heterocycles. The Balaban J connectivity index is 2.39. The Kier molecular flexibility index (Phi) is 7.42. The SMILES string of the molecule is CCCCCCCC=Cc1nc(Cl)ncc1OC. The van der Waals surface area contributed by atoms with E-state index in [9.17, 15) is 0 Å². The molecule has 1 rings (SSSR count). The van der Waals surface area contributed by atoms with Crippen LogP contribution in [-0.4, -0.2) is 17.1 Å². The summed E-state index contributed by atoms with van der Waals surface area (Å²) in [5, 5.41) is 0.249. The Morgan fingerprint density at radius 3 is 2.78 bits per heavy atom. The maximum absolute atomic E-state index is 5.76. The molecule has 0 saturated heterocycles. The van der Waals surface area contributed by atoms with Gasteiger partial charge in [-0.3, -0.25) is 0 Å². The topological polar surface area (TPSA) is 35.0 Å². The van der Waals surface area contributed by atoms with E-state index in [4.69, 9.17) is 16.3 Å². The summed E-state index contributed by atoms with van der Waals surface area (Å²) < 4.78 is 5.18. The molecule has 0 aromatic carbocycles. The van der Waals surface area contributed by atoms with Gasteiger partial charge in [0.1, 0.15) is 5.69 Å². The predicted octanol–water partition coefficient (Wildman–Crippen LogP) is 4.51. The van der Waals surface area contributed by atoms with Crippen molar-refractivity contribution in [3.63, 3.8) is 0 Å². The van der Waals surface area contributed by atoms with Gasteiger partial charge >= 0.3 is 0 Å². The van der Waals surface area contributed by atoms with Crippen LogP contribution in [-0.2, 0) is 0 Å². The van der Waals surface area contributed by atoms with Gasteiger partial charge in [0.15, 0.2) is 5.75 Å². The molecule has 1 aromatic heterocycles. The van der Waals surface area contributed by atoms with E-state index in [0.29, 0.717) is 5.75 Å². The van der Waals surface area contributed by atoms with E-state index >= 15 is 0 Å². The summed E-state index contributed by atoms with van der Waals surface area (Å²) in [5.41, 5.74) is 0.742. The van der Waals surface area contributed by atoms with Gasteiger partial charge in [0.05, 0.1) is 13.3 Å². The molecular weight excluding hydrogens is 248 g/mol. The van der Waals surface area contributed by atoms with Crippen molar-refractivity contribution >= 4 is 17.7 Å². The lowest BCUT2D eigenvalue weighted by molar-refractivity contribution is 0.409. The lowest BCUT2D eigenvalue weighted by atomic mass is 10.1. The average Bonchev–Trinajstić information content (AvgIpc) is 2.38. The van der Waals surface area contributed by atoms with Gasteiger partial charge in [-0.1, -0.05) is 38.7 Å². The van der Waals surface area contributed by atoms with Gasteiger partial charge in [-0.25, -0.2) is 9.97 Å². The molecule has 100 valence electrons. The largest absolute Gasteiger partial charge is 0.493 e. The average molecular weight is 269 g/mol. The second kappa shape index (κ2) is 8.92. The zero-order valence-corrected chi connectivity index (χ0v) is 11.9. The molecule has 0 aliphatic carbocycles. The predicted molar refractivity (Wildman–Crippen MR) is 76.0 cm³/mol. The highest BCUT2D eigenvalue weighted by Gasteiger charge is 2.02. The molecular formula is C14H21ClN2O. The van der Waals surface area contributed by atoms with Gasteiger partial charge in [-0.2, -0.15) is 0 Å². The second-order valence-corrected chi connectivity index (χ2v) is 4.54. The Morgan fingerprint density at radius 2 is 2.06 bits per heavy atom. The fraction of sp³-hybridized carbons (Fsp3) is 0.571. The monoisotopic (exact) mass is 268 g/mol. The maximum atomic E-state index is 5.76.